The third kappa shape index (κ3) is 4.12. The Labute approximate surface area is 265 Å². The van der Waals surface area contributed by atoms with E-state index in [1.807, 2.05) is 0 Å². The first-order valence-corrected chi connectivity index (χ1v) is 16.7. The lowest BCUT2D eigenvalue weighted by Gasteiger charge is -2.36. The number of pyridine rings is 1. The van der Waals surface area contributed by atoms with Crippen LogP contribution < -0.4 is 15.4 Å². The van der Waals surface area contributed by atoms with Crippen LogP contribution in [0.3, 0.4) is 0 Å². The molecule has 0 bridgehead atoms. The lowest BCUT2D eigenvalue weighted by molar-refractivity contribution is -0.539. The van der Waals surface area contributed by atoms with Crippen LogP contribution in [0.5, 0.6) is 0 Å². The Bertz CT molecular complexity index is 2190. The van der Waals surface area contributed by atoms with Crippen LogP contribution in [0.2, 0.25) is 0 Å². The molecule has 0 amide bonds. The molecule has 1 aliphatic heterocycles. The normalized spacial score (nSPS) is 16.4. The molecule has 1 aromatic heterocycles. The Morgan fingerprint density at radius 1 is 0.467 bits per heavy atom. The molecule has 0 radical (unpaired) electrons. The van der Waals surface area contributed by atoms with Gasteiger partial charge in [-0.1, -0.05) is 152 Å². The third-order valence-corrected chi connectivity index (χ3v) is 10.9. The molecule has 45 heavy (non-hydrogen) atoms. The Kier molecular flexibility index (Phi) is 6.23. The monoisotopic (exact) mass is 577 g/mol. The van der Waals surface area contributed by atoms with E-state index in [1.54, 1.807) is 5.57 Å². The van der Waals surface area contributed by atoms with Crippen LogP contribution in [-0.2, 0) is 0 Å². The van der Waals surface area contributed by atoms with E-state index >= 15 is 0 Å². The first-order valence-electron chi connectivity index (χ1n) is 16.7. The molecule has 1 aliphatic carbocycles. The third-order valence-electron chi connectivity index (χ3n) is 10.9. The quantitative estimate of drug-likeness (QED) is 0.184. The molecular formula is C43H36BN. The van der Waals surface area contributed by atoms with Crippen LogP contribution in [0.1, 0.15) is 43.4 Å². The van der Waals surface area contributed by atoms with Gasteiger partial charge in [-0.25, -0.2) is 0 Å². The molecule has 0 spiro atoms. The lowest BCUT2D eigenvalue weighted by atomic mass is 9.23. The molecule has 1 fully saturated rings. The SMILES string of the molecule is c1cc[n+]2c(c1)C(C1CCCCC1)=C(c1ccc3ccccc3c1)[B-]2(c1ccc2ccccc2c1)c1ccc2ccccc2c1. The second-order valence-corrected chi connectivity index (χ2v) is 13.3. The smallest absolute Gasteiger partial charge is 0.361 e. The standard InChI is InChI=1S/C43H36BN/c1-2-15-34(16-3-1)42-41-20-10-11-27-45(41)44(39-25-23-32-13-5-8-18-36(32)29-39,40-26-24-33-14-6-9-19-37(33)30-40)43(42)38-22-21-31-12-4-7-17-35(31)28-38/h4-14,17-30,34H,1-3,15-16H2. The fourth-order valence-corrected chi connectivity index (χ4v) is 8.88. The maximum atomic E-state index is 2.68. The molecule has 0 atom stereocenters. The molecule has 1 saturated carbocycles. The summed E-state index contributed by atoms with van der Waals surface area (Å²) in [5, 5.41) is 7.74. The van der Waals surface area contributed by atoms with Gasteiger partial charge in [0.05, 0.1) is 0 Å². The molecule has 216 valence electrons. The van der Waals surface area contributed by atoms with E-state index in [2.05, 4.69) is 156 Å². The fraction of sp³-hybridized carbons (Fsp3) is 0.140. The van der Waals surface area contributed by atoms with Gasteiger partial charge < -0.3 is 4.48 Å². The minimum atomic E-state index is -1.58. The maximum absolute atomic E-state index is 2.68. The molecule has 9 rings (SSSR count). The van der Waals surface area contributed by atoms with E-state index in [0.29, 0.717) is 5.92 Å². The minimum absolute atomic E-state index is 0.540. The van der Waals surface area contributed by atoms with Gasteiger partial charge in [-0.3, -0.25) is 0 Å². The second-order valence-electron chi connectivity index (χ2n) is 13.3. The molecule has 2 aliphatic rings. The van der Waals surface area contributed by atoms with Crippen LogP contribution in [0, 0.1) is 5.92 Å². The molecule has 7 aromatic rings. The minimum Gasteiger partial charge on any atom is -0.408 e. The van der Waals surface area contributed by atoms with E-state index in [-0.39, 0.29) is 0 Å². The zero-order valence-corrected chi connectivity index (χ0v) is 25.6. The number of rotatable bonds is 4. The average Bonchev–Trinajstić information content (AvgIpc) is 3.43. The van der Waals surface area contributed by atoms with Gasteiger partial charge in [0.15, 0.2) is 5.69 Å². The van der Waals surface area contributed by atoms with Crippen LogP contribution >= 0.6 is 0 Å². The maximum Gasteiger partial charge on any atom is 0.361 e. The Morgan fingerprint density at radius 2 is 0.978 bits per heavy atom. The van der Waals surface area contributed by atoms with Gasteiger partial charge in [0.2, 0.25) is 0 Å². The molecule has 2 heteroatoms. The zero-order valence-electron chi connectivity index (χ0n) is 25.6. The summed E-state index contributed by atoms with van der Waals surface area (Å²) in [6, 6.07) is 55.1. The Hall–Kier alpha value is -4.95. The van der Waals surface area contributed by atoms with Crippen LogP contribution in [0.25, 0.3) is 43.4 Å². The van der Waals surface area contributed by atoms with Crippen molar-refractivity contribution in [2.24, 2.45) is 5.92 Å². The highest BCUT2D eigenvalue weighted by molar-refractivity contribution is 7.11. The molecule has 0 N–H and O–H groups in total. The summed E-state index contributed by atoms with van der Waals surface area (Å²) < 4.78 is 2.68. The van der Waals surface area contributed by atoms with E-state index in [9.17, 15) is 0 Å². The van der Waals surface area contributed by atoms with E-state index in [0.717, 1.165) is 0 Å². The highest BCUT2D eigenvalue weighted by Gasteiger charge is 2.52. The number of aromatic nitrogens is 1. The fourth-order valence-electron chi connectivity index (χ4n) is 8.88. The van der Waals surface area contributed by atoms with Crippen molar-refractivity contribution >= 4 is 60.6 Å². The lowest BCUT2D eigenvalue weighted by Crippen LogP contribution is -2.78. The van der Waals surface area contributed by atoms with Crippen molar-refractivity contribution in [2.45, 2.75) is 32.1 Å². The number of benzene rings is 6. The molecule has 1 nitrogen and oxygen atoms in total. The molecule has 6 aromatic carbocycles. The summed E-state index contributed by atoms with van der Waals surface area (Å²) in [7, 11) is 0. The van der Waals surface area contributed by atoms with Crippen molar-refractivity contribution in [2.75, 3.05) is 0 Å². The second kappa shape index (κ2) is 10.6. The Balaban J connectivity index is 1.46. The summed E-state index contributed by atoms with van der Waals surface area (Å²) in [5.74, 6) is 0.540. The predicted octanol–water partition coefficient (Wildman–Crippen LogP) is 9.09. The van der Waals surface area contributed by atoms with Crippen LogP contribution in [0.15, 0.2) is 152 Å². The number of nitrogens with zero attached hydrogens (tertiary/aromatic N) is 1. The summed E-state index contributed by atoms with van der Waals surface area (Å²) in [6.45, 7) is 0. The van der Waals surface area contributed by atoms with Crippen LogP contribution in [0.4, 0.5) is 0 Å². The molecular weight excluding hydrogens is 541 g/mol. The van der Waals surface area contributed by atoms with E-state index < -0.39 is 6.28 Å². The van der Waals surface area contributed by atoms with Crippen molar-refractivity contribution in [3.05, 3.63) is 163 Å². The molecule has 0 saturated heterocycles. The van der Waals surface area contributed by atoms with Crippen molar-refractivity contribution in [3.8, 4) is 0 Å². The van der Waals surface area contributed by atoms with Crippen LogP contribution in [-0.4, -0.2) is 6.28 Å². The zero-order chi connectivity index (χ0) is 29.8. The van der Waals surface area contributed by atoms with Gasteiger partial charge in [0, 0.05) is 6.07 Å². The van der Waals surface area contributed by atoms with Crippen molar-refractivity contribution < 1.29 is 4.48 Å². The van der Waals surface area contributed by atoms with Gasteiger partial charge >= 0.3 is 6.28 Å². The van der Waals surface area contributed by atoms with Gasteiger partial charge in [0.1, 0.15) is 6.20 Å². The van der Waals surface area contributed by atoms with Gasteiger partial charge in [0.25, 0.3) is 0 Å². The number of hydrogen-bond donors (Lipinski definition) is 0. The summed E-state index contributed by atoms with van der Waals surface area (Å²) in [6.07, 6.45) is 7.25. The van der Waals surface area contributed by atoms with Gasteiger partial charge in [-0.2, -0.15) is 0 Å². The summed E-state index contributed by atoms with van der Waals surface area (Å²) >= 11 is 0. The number of allylic oxidation sites excluding steroid dienone is 1. The van der Waals surface area contributed by atoms with E-state index in [1.165, 1.54) is 92.1 Å². The largest absolute Gasteiger partial charge is 0.408 e. The molecule has 2 heterocycles. The first-order chi connectivity index (χ1) is 22.3. The topological polar surface area (TPSA) is 3.88 Å². The van der Waals surface area contributed by atoms with Crippen molar-refractivity contribution in [3.63, 3.8) is 0 Å². The Morgan fingerprint density at radius 3 is 1.58 bits per heavy atom. The van der Waals surface area contributed by atoms with E-state index in [4.69, 9.17) is 0 Å². The first kappa shape index (κ1) is 26.5. The van der Waals surface area contributed by atoms with Crippen molar-refractivity contribution in [1.82, 2.24) is 0 Å². The molecule has 0 unspecified atom stereocenters. The van der Waals surface area contributed by atoms with Gasteiger partial charge in [-0.15, -0.1) is 16.4 Å². The highest BCUT2D eigenvalue weighted by atomic mass is 14.9. The summed E-state index contributed by atoms with van der Waals surface area (Å²) in [5.41, 5.74) is 8.54. The van der Waals surface area contributed by atoms with Gasteiger partial charge in [-0.05, 0) is 68.8 Å². The number of hydrogen-bond acceptors (Lipinski definition) is 0. The predicted molar refractivity (Wildman–Crippen MR) is 192 cm³/mol. The van der Waals surface area contributed by atoms with Crippen molar-refractivity contribution in [1.29, 1.82) is 0 Å². The number of fused-ring (bicyclic) bond motifs is 4. The highest BCUT2D eigenvalue weighted by Crippen LogP contribution is 2.46. The average molecular weight is 578 g/mol. The summed E-state index contributed by atoms with van der Waals surface area (Å²) in [4.78, 5) is 0.